The molecule has 0 bridgehead atoms. The average molecular weight is 191 g/mol. The predicted molar refractivity (Wildman–Crippen MR) is 51.6 cm³/mol. The zero-order valence-corrected chi connectivity index (χ0v) is 8.03. The Morgan fingerprint density at radius 3 is 2.92 bits per heavy atom. The molecule has 2 aromatic heterocycles. The van der Waals surface area contributed by atoms with Crippen molar-refractivity contribution in [3.63, 3.8) is 0 Å². The van der Waals surface area contributed by atoms with Crippen molar-refractivity contribution in [3.8, 4) is 0 Å². The van der Waals surface area contributed by atoms with Crippen LogP contribution in [0.25, 0.3) is 0 Å². The van der Waals surface area contributed by atoms with Crippen molar-refractivity contribution in [2.24, 2.45) is 7.05 Å². The number of rotatable bonds is 2. The minimum atomic E-state index is 0.992. The predicted octanol–water partition coefficient (Wildman–Crippen LogP) is 1.97. The SMILES string of the molecule is Cn1cncc1Sc1ccccn1. The molecule has 0 fully saturated rings. The number of aryl methyl sites for hydroxylation is 1. The largest absolute Gasteiger partial charge is 0.329 e. The Balaban J connectivity index is 2.20. The monoisotopic (exact) mass is 191 g/mol. The van der Waals surface area contributed by atoms with Gasteiger partial charge in [0.2, 0.25) is 0 Å². The molecule has 0 atom stereocenters. The van der Waals surface area contributed by atoms with Gasteiger partial charge in [-0.25, -0.2) is 9.97 Å². The Bertz CT molecular complexity index is 383. The minimum absolute atomic E-state index is 0.992. The number of aromatic nitrogens is 3. The van der Waals surface area contributed by atoms with Gasteiger partial charge in [0.25, 0.3) is 0 Å². The lowest BCUT2D eigenvalue weighted by Gasteiger charge is -1.99. The Hall–Kier alpha value is -1.29. The first-order chi connectivity index (χ1) is 6.36. The van der Waals surface area contributed by atoms with E-state index in [-0.39, 0.29) is 0 Å². The highest BCUT2D eigenvalue weighted by Crippen LogP contribution is 2.23. The molecule has 0 radical (unpaired) electrons. The van der Waals surface area contributed by atoms with Crippen molar-refractivity contribution >= 4 is 11.8 Å². The maximum absolute atomic E-state index is 4.22. The Morgan fingerprint density at radius 1 is 1.38 bits per heavy atom. The number of pyridine rings is 1. The van der Waals surface area contributed by atoms with Crippen molar-refractivity contribution < 1.29 is 0 Å². The molecule has 0 aliphatic carbocycles. The molecule has 66 valence electrons. The molecule has 2 rings (SSSR count). The zero-order valence-electron chi connectivity index (χ0n) is 7.21. The van der Waals surface area contributed by atoms with Crippen LogP contribution in [0.2, 0.25) is 0 Å². The molecule has 3 nitrogen and oxygen atoms in total. The zero-order chi connectivity index (χ0) is 9.10. The highest BCUT2D eigenvalue weighted by atomic mass is 32.2. The van der Waals surface area contributed by atoms with Gasteiger partial charge in [0, 0.05) is 13.2 Å². The summed E-state index contributed by atoms with van der Waals surface area (Å²) in [5, 5.41) is 2.09. The van der Waals surface area contributed by atoms with Crippen LogP contribution in [0.3, 0.4) is 0 Å². The second-order valence-electron chi connectivity index (χ2n) is 2.61. The van der Waals surface area contributed by atoms with Gasteiger partial charge in [-0.05, 0) is 12.1 Å². The van der Waals surface area contributed by atoms with Gasteiger partial charge in [-0.2, -0.15) is 0 Å². The van der Waals surface area contributed by atoms with Crippen LogP contribution in [0.4, 0.5) is 0 Å². The van der Waals surface area contributed by atoms with Gasteiger partial charge >= 0.3 is 0 Å². The first-order valence-electron chi connectivity index (χ1n) is 3.91. The molecular formula is C9H9N3S. The van der Waals surface area contributed by atoms with E-state index in [2.05, 4.69) is 9.97 Å². The first kappa shape index (κ1) is 8.31. The molecule has 0 aliphatic heterocycles. The normalized spacial score (nSPS) is 10.2. The van der Waals surface area contributed by atoms with Crippen LogP contribution in [-0.4, -0.2) is 14.5 Å². The fourth-order valence-electron chi connectivity index (χ4n) is 0.958. The topological polar surface area (TPSA) is 30.7 Å². The molecule has 0 unspecified atom stereocenters. The van der Waals surface area contributed by atoms with E-state index in [4.69, 9.17) is 0 Å². The van der Waals surface area contributed by atoms with E-state index < -0.39 is 0 Å². The molecule has 0 spiro atoms. The van der Waals surface area contributed by atoms with Crippen molar-refractivity contribution in [1.29, 1.82) is 0 Å². The van der Waals surface area contributed by atoms with Gasteiger partial charge in [-0.3, -0.25) is 0 Å². The summed E-state index contributed by atoms with van der Waals surface area (Å²) in [5.74, 6) is 0. The number of hydrogen-bond donors (Lipinski definition) is 0. The summed E-state index contributed by atoms with van der Waals surface area (Å²) in [5.41, 5.74) is 0. The summed E-state index contributed by atoms with van der Waals surface area (Å²) >= 11 is 1.61. The van der Waals surface area contributed by atoms with Crippen LogP contribution in [0.5, 0.6) is 0 Å². The standard InChI is InChI=1S/C9H9N3S/c1-12-7-10-6-9(12)13-8-4-2-3-5-11-8/h2-7H,1H3. The second-order valence-corrected chi connectivity index (χ2v) is 3.65. The van der Waals surface area contributed by atoms with Crippen molar-refractivity contribution in [2.45, 2.75) is 10.1 Å². The molecule has 2 aromatic rings. The molecule has 4 heteroatoms. The van der Waals surface area contributed by atoms with E-state index in [1.54, 1.807) is 24.3 Å². The summed E-state index contributed by atoms with van der Waals surface area (Å²) < 4.78 is 1.97. The smallest absolute Gasteiger partial charge is 0.102 e. The van der Waals surface area contributed by atoms with E-state index in [9.17, 15) is 0 Å². The first-order valence-corrected chi connectivity index (χ1v) is 4.73. The molecule has 13 heavy (non-hydrogen) atoms. The van der Waals surface area contributed by atoms with Crippen LogP contribution < -0.4 is 0 Å². The van der Waals surface area contributed by atoms with Gasteiger partial charge in [0.1, 0.15) is 10.1 Å². The summed E-state index contributed by atoms with van der Waals surface area (Å²) in [7, 11) is 1.97. The second kappa shape index (κ2) is 3.62. The molecular weight excluding hydrogens is 182 g/mol. The lowest BCUT2D eigenvalue weighted by atomic mass is 10.5. The fourth-order valence-corrected chi connectivity index (χ4v) is 1.74. The molecule has 0 N–H and O–H groups in total. The van der Waals surface area contributed by atoms with Gasteiger partial charge in [-0.1, -0.05) is 17.8 Å². The quantitative estimate of drug-likeness (QED) is 0.727. The van der Waals surface area contributed by atoms with Crippen LogP contribution in [0.1, 0.15) is 0 Å². The maximum Gasteiger partial charge on any atom is 0.102 e. The summed E-state index contributed by atoms with van der Waals surface area (Å²) in [6, 6.07) is 5.87. The van der Waals surface area contributed by atoms with Gasteiger partial charge in [0.05, 0.1) is 12.5 Å². The number of nitrogens with zero attached hydrogens (tertiary/aromatic N) is 3. The number of hydrogen-bond acceptors (Lipinski definition) is 3. The maximum atomic E-state index is 4.22. The molecule has 2 heterocycles. The Morgan fingerprint density at radius 2 is 2.31 bits per heavy atom. The Kier molecular flexibility index (Phi) is 2.31. The molecule has 0 aromatic carbocycles. The van der Waals surface area contributed by atoms with E-state index in [1.165, 1.54) is 0 Å². The third kappa shape index (κ3) is 1.89. The molecule has 0 aliphatic rings. The van der Waals surface area contributed by atoms with Crippen LogP contribution >= 0.6 is 11.8 Å². The third-order valence-electron chi connectivity index (χ3n) is 1.62. The van der Waals surface area contributed by atoms with Crippen molar-refractivity contribution in [1.82, 2.24) is 14.5 Å². The van der Waals surface area contributed by atoms with Crippen LogP contribution in [0, 0.1) is 0 Å². The summed E-state index contributed by atoms with van der Waals surface area (Å²) in [6.07, 6.45) is 5.41. The fraction of sp³-hybridized carbons (Fsp3) is 0.111. The highest BCUT2D eigenvalue weighted by Gasteiger charge is 2.00. The summed E-state index contributed by atoms with van der Waals surface area (Å²) in [6.45, 7) is 0. The lowest BCUT2D eigenvalue weighted by Crippen LogP contribution is -1.87. The van der Waals surface area contributed by atoms with Gasteiger partial charge < -0.3 is 4.57 Å². The highest BCUT2D eigenvalue weighted by molar-refractivity contribution is 7.99. The van der Waals surface area contributed by atoms with E-state index in [1.807, 2.05) is 36.0 Å². The number of imidazole rings is 1. The Labute approximate surface area is 80.8 Å². The van der Waals surface area contributed by atoms with Crippen LogP contribution in [-0.2, 0) is 7.05 Å². The van der Waals surface area contributed by atoms with Gasteiger partial charge in [-0.15, -0.1) is 0 Å². The molecule has 0 amide bonds. The van der Waals surface area contributed by atoms with E-state index >= 15 is 0 Å². The van der Waals surface area contributed by atoms with Crippen molar-refractivity contribution in [2.75, 3.05) is 0 Å². The average Bonchev–Trinajstić information content (AvgIpc) is 2.54. The van der Waals surface area contributed by atoms with Crippen LogP contribution in [0.15, 0.2) is 47.0 Å². The summed E-state index contributed by atoms with van der Waals surface area (Å²) in [4.78, 5) is 8.25. The van der Waals surface area contributed by atoms with Crippen molar-refractivity contribution in [3.05, 3.63) is 36.9 Å². The third-order valence-corrected chi connectivity index (χ3v) is 2.67. The molecule has 0 saturated carbocycles. The van der Waals surface area contributed by atoms with E-state index in [0.717, 1.165) is 10.1 Å². The van der Waals surface area contributed by atoms with E-state index in [0.29, 0.717) is 0 Å². The molecule has 0 saturated heterocycles. The lowest BCUT2D eigenvalue weighted by molar-refractivity contribution is 0.823. The van der Waals surface area contributed by atoms with Gasteiger partial charge in [0.15, 0.2) is 0 Å². The minimum Gasteiger partial charge on any atom is -0.329 e.